The quantitative estimate of drug-likeness (QED) is 0.626. The van der Waals surface area contributed by atoms with Crippen molar-refractivity contribution in [1.82, 2.24) is 0 Å². The highest BCUT2D eigenvalue weighted by Gasteiger charge is 2.06. The zero-order valence-corrected chi connectivity index (χ0v) is 8.14. The van der Waals surface area contributed by atoms with Crippen molar-refractivity contribution < 1.29 is 5.11 Å². The van der Waals surface area contributed by atoms with Crippen LogP contribution in [0.5, 0.6) is 0 Å². The van der Waals surface area contributed by atoms with Gasteiger partial charge in [0.25, 0.3) is 0 Å². The number of hydrogen-bond donors (Lipinski definition) is 3. The molecule has 4 heteroatoms. The molecule has 1 aromatic carbocycles. The van der Waals surface area contributed by atoms with E-state index < -0.39 is 6.10 Å². The monoisotopic (exact) mass is 196 g/mol. The molecule has 0 heterocycles. The molecule has 0 aromatic heterocycles. The molecule has 1 rings (SSSR count). The average molecular weight is 196 g/mol. The lowest BCUT2D eigenvalue weighted by atomic mass is 10.1. The molecule has 1 aromatic rings. The van der Waals surface area contributed by atoms with Crippen molar-refractivity contribution in [1.29, 1.82) is 0 Å². The lowest BCUT2D eigenvalue weighted by molar-refractivity contribution is 0.200. The summed E-state index contributed by atoms with van der Waals surface area (Å²) in [7, 11) is 0. The Kier molecular flexibility index (Phi) is 3.22. The number of nitrogens with two attached hydrogens (primary N) is 1. The van der Waals surface area contributed by atoms with E-state index in [1.165, 1.54) is 0 Å². The number of rotatable bonds is 2. The van der Waals surface area contributed by atoms with E-state index in [1.807, 2.05) is 24.3 Å². The molecular weight excluding hydrogens is 184 g/mol. The van der Waals surface area contributed by atoms with Gasteiger partial charge in [0.1, 0.15) is 0 Å². The van der Waals surface area contributed by atoms with Gasteiger partial charge in [-0.2, -0.15) is 0 Å². The molecule has 0 aliphatic rings. The number of thiocarbonyl (C=S) groups is 1. The van der Waals surface area contributed by atoms with Crippen LogP contribution in [0.25, 0.3) is 0 Å². The van der Waals surface area contributed by atoms with Crippen LogP contribution in [0, 0.1) is 0 Å². The minimum atomic E-state index is -0.530. The molecule has 3 nitrogen and oxygen atoms in total. The molecule has 70 valence electrons. The molecule has 0 saturated carbocycles. The fourth-order valence-electron chi connectivity index (χ4n) is 1.11. The summed E-state index contributed by atoms with van der Waals surface area (Å²) < 4.78 is 0. The normalized spacial score (nSPS) is 12.2. The van der Waals surface area contributed by atoms with Crippen LogP contribution in [0.3, 0.4) is 0 Å². The molecule has 0 bridgehead atoms. The summed E-state index contributed by atoms with van der Waals surface area (Å²) in [4.78, 5) is 0. The standard InChI is InChI=1S/C9H12N2OS/c1-6(12)7-4-2-3-5-8(7)11-9(10)13/h2-6,12H,1H3,(H3,10,11,13). The predicted molar refractivity (Wildman–Crippen MR) is 57.5 cm³/mol. The first-order valence-corrected chi connectivity index (χ1v) is 4.35. The average Bonchev–Trinajstić information content (AvgIpc) is 2.03. The fraction of sp³-hybridized carbons (Fsp3) is 0.222. The van der Waals surface area contributed by atoms with Crippen molar-refractivity contribution in [2.75, 3.05) is 5.32 Å². The van der Waals surface area contributed by atoms with E-state index in [-0.39, 0.29) is 5.11 Å². The summed E-state index contributed by atoms with van der Waals surface area (Å²) in [6, 6.07) is 7.35. The van der Waals surface area contributed by atoms with Gasteiger partial charge in [-0.15, -0.1) is 0 Å². The summed E-state index contributed by atoms with van der Waals surface area (Å²) in [5.74, 6) is 0. The van der Waals surface area contributed by atoms with Crippen molar-refractivity contribution in [3.8, 4) is 0 Å². The molecular formula is C9H12N2OS. The minimum absolute atomic E-state index is 0.202. The molecule has 0 spiro atoms. The molecule has 0 aliphatic heterocycles. The maximum atomic E-state index is 9.39. The summed E-state index contributed by atoms with van der Waals surface area (Å²) in [6.45, 7) is 1.69. The van der Waals surface area contributed by atoms with Gasteiger partial charge < -0.3 is 16.2 Å². The molecule has 0 fully saturated rings. The topological polar surface area (TPSA) is 58.3 Å². The van der Waals surface area contributed by atoms with Crippen molar-refractivity contribution in [2.45, 2.75) is 13.0 Å². The number of aliphatic hydroxyl groups is 1. The van der Waals surface area contributed by atoms with E-state index in [4.69, 9.17) is 18.0 Å². The van der Waals surface area contributed by atoms with Crippen molar-refractivity contribution in [3.05, 3.63) is 29.8 Å². The van der Waals surface area contributed by atoms with E-state index in [0.717, 1.165) is 11.3 Å². The van der Waals surface area contributed by atoms with Crippen LogP contribution in [0.4, 0.5) is 5.69 Å². The Labute approximate surface area is 82.6 Å². The predicted octanol–water partition coefficient (Wildman–Crippen LogP) is 1.40. The minimum Gasteiger partial charge on any atom is -0.389 e. The third kappa shape index (κ3) is 2.68. The highest BCUT2D eigenvalue weighted by atomic mass is 32.1. The Morgan fingerprint density at radius 2 is 2.15 bits per heavy atom. The van der Waals surface area contributed by atoms with Gasteiger partial charge in [-0.1, -0.05) is 18.2 Å². The van der Waals surface area contributed by atoms with E-state index in [0.29, 0.717) is 0 Å². The maximum Gasteiger partial charge on any atom is 0.168 e. The maximum absolute atomic E-state index is 9.39. The molecule has 1 unspecified atom stereocenters. The van der Waals surface area contributed by atoms with Crippen LogP contribution < -0.4 is 11.1 Å². The van der Waals surface area contributed by atoms with Gasteiger partial charge in [0.05, 0.1) is 6.10 Å². The number of para-hydroxylation sites is 1. The summed E-state index contributed by atoms with van der Waals surface area (Å²) in [6.07, 6.45) is -0.530. The Balaban J connectivity index is 2.97. The molecule has 13 heavy (non-hydrogen) atoms. The van der Waals surface area contributed by atoms with Crippen LogP contribution in [-0.2, 0) is 0 Å². The Morgan fingerprint density at radius 1 is 1.54 bits per heavy atom. The number of anilines is 1. The molecule has 0 radical (unpaired) electrons. The summed E-state index contributed by atoms with van der Waals surface area (Å²) >= 11 is 4.71. The number of aliphatic hydroxyl groups excluding tert-OH is 1. The fourth-order valence-corrected chi connectivity index (χ4v) is 1.22. The Bertz CT molecular complexity index is 312. The molecule has 1 atom stereocenters. The van der Waals surface area contributed by atoms with Gasteiger partial charge in [0.2, 0.25) is 0 Å². The van der Waals surface area contributed by atoms with Crippen LogP contribution in [0.1, 0.15) is 18.6 Å². The zero-order valence-electron chi connectivity index (χ0n) is 7.32. The van der Waals surface area contributed by atoms with Gasteiger partial charge in [0, 0.05) is 11.3 Å². The molecule has 4 N–H and O–H groups in total. The van der Waals surface area contributed by atoms with Gasteiger partial charge in [-0.25, -0.2) is 0 Å². The van der Waals surface area contributed by atoms with E-state index in [9.17, 15) is 5.11 Å². The first kappa shape index (κ1) is 9.95. The van der Waals surface area contributed by atoms with Crippen LogP contribution >= 0.6 is 12.2 Å². The van der Waals surface area contributed by atoms with Crippen molar-refractivity contribution in [2.24, 2.45) is 5.73 Å². The second-order valence-corrected chi connectivity index (χ2v) is 3.19. The lowest BCUT2D eigenvalue weighted by Gasteiger charge is -2.12. The Hall–Kier alpha value is -1.13. The van der Waals surface area contributed by atoms with E-state index in [2.05, 4.69) is 5.32 Å². The first-order chi connectivity index (χ1) is 6.11. The third-order valence-corrected chi connectivity index (χ3v) is 1.77. The molecule has 0 saturated heterocycles. The van der Waals surface area contributed by atoms with Gasteiger partial charge in [-0.05, 0) is 25.2 Å². The van der Waals surface area contributed by atoms with Crippen LogP contribution in [0.2, 0.25) is 0 Å². The number of nitrogens with one attached hydrogen (secondary N) is 1. The third-order valence-electron chi connectivity index (χ3n) is 1.67. The summed E-state index contributed by atoms with van der Waals surface area (Å²) in [5, 5.41) is 12.4. The largest absolute Gasteiger partial charge is 0.389 e. The van der Waals surface area contributed by atoms with E-state index >= 15 is 0 Å². The lowest BCUT2D eigenvalue weighted by Crippen LogP contribution is -2.20. The van der Waals surface area contributed by atoms with Crippen molar-refractivity contribution in [3.63, 3.8) is 0 Å². The van der Waals surface area contributed by atoms with Crippen molar-refractivity contribution >= 4 is 23.0 Å². The second kappa shape index (κ2) is 4.20. The summed E-state index contributed by atoms with van der Waals surface area (Å²) in [5.41, 5.74) is 6.87. The Morgan fingerprint density at radius 3 is 2.69 bits per heavy atom. The van der Waals surface area contributed by atoms with E-state index in [1.54, 1.807) is 6.92 Å². The van der Waals surface area contributed by atoms with Gasteiger partial charge in [0.15, 0.2) is 5.11 Å². The highest BCUT2D eigenvalue weighted by molar-refractivity contribution is 7.80. The van der Waals surface area contributed by atoms with Crippen LogP contribution in [-0.4, -0.2) is 10.2 Å². The second-order valence-electron chi connectivity index (χ2n) is 2.75. The smallest absolute Gasteiger partial charge is 0.168 e. The molecule has 0 aliphatic carbocycles. The molecule has 0 amide bonds. The number of hydrogen-bond acceptors (Lipinski definition) is 2. The first-order valence-electron chi connectivity index (χ1n) is 3.94. The van der Waals surface area contributed by atoms with Gasteiger partial charge >= 0.3 is 0 Å². The SMILES string of the molecule is CC(O)c1ccccc1NC(N)=S. The van der Waals surface area contributed by atoms with Crippen LogP contribution in [0.15, 0.2) is 24.3 Å². The highest BCUT2D eigenvalue weighted by Crippen LogP contribution is 2.21. The number of benzene rings is 1. The van der Waals surface area contributed by atoms with Gasteiger partial charge in [-0.3, -0.25) is 0 Å². The zero-order chi connectivity index (χ0) is 9.84.